The molecule has 1 heterocycles. The topological polar surface area (TPSA) is 36.0 Å². The van der Waals surface area contributed by atoms with E-state index in [2.05, 4.69) is 184 Å². The van der Waals surface area contributed by atoms with Crippen LogP contribution in [0.5, 0.6) is 5.75 Å². The third kappa shape index (κ3) is 9.99. The summed E-state index contributed by atoms with van der Waals surface area (Å²) in [7, 11) is 0. The van der Waals surface area contributed by atoms with Crippen LogP contribution in [0.1, 0.15) is 89.5 Å². The first kappa shape index (κ1) is 45.9. The van der Waals surface area contributed by atoms with Crippen LogP contribution >= 0.6 is 0 Å². The number of para-hydroxylation sites is 1. The predicted molar refractivity (Wildman–Crippen MR) is 286 cm³/mol. The van der Waals surface area contributed by atoms with E-state index in [1.807, 2.05) is 76.2 Å². The van der Waals surface area contributed by atoms with Crippen LogP contribution in [0.4, 0.5) is 0 Å². The molecule has 0 saturated carbocycles. The number of H-pyrrole nitrogens is 1. The molecule has 65 heavy (non-hydrogen) atoms. The molecule has 326 valence electrons. The van der Waals surface area contributed by atoms with Crippen LogP contribution in [-0.2, 0) is 6.42 Å². The van der Waals surface area contributed by atoms with Gasteiger partial charge in [0.25, 0.3) is 0 Å². The number of phenols is 1. The van der Waals surface area contributed by atoms with Crippen LogP contribution in [0.15, 0.2) is 200 Å². The fourth-order valence-electron chi connectivity index (χ4n) is 9.02. The summed E-state index contributed by atoms with van der Waals surface area (Å²) in [5.41, 5.74) is 11.0. The standard InChI is InChI=1S/C19H13N.C14H10O.2C13H14.2C2H6/c1-2-6-14-12(5-1)9-13-10-19-17(11-16(13)14)15-7-3-4-8-18(15)20-19;15-14-9-10-5-1-2-6-11(10)12-7-3-4-8-13(12)14;2*1-10(2)12-9-5-7-11-6-3-4-8-13(11)12;2*1-2/h1-8,10-11,20H,9H2;1-9,15H;2*3-10H,1-2H3;2*1-2H3. The summed E-state index contributed by atoms with van der Waals surface area (Å²) in [6.45, 7) is 17.0. The van der Waals surface area contributed by atoms with Gasteiger partial charge < -0.3 is 10.1 Å². The number of nitrogens with one attached hydrogen (secondary N) is 1. The minimum absolute atomic E-state index is 0.351. The Labute approximate surface area is 386 Å². The monoisotopic (exact) mass is 849 g/mol. The van der Waals surface area contributed by atoms with Gasteiger partial charge in [-0.05, 0) is 114 Å². The number of rotatable bonds is 2. The highest BCUT2D eigenvalue weighted by atomic mass is 16.3. The zero-order valence-corrected chi connectivity index (χ0v) is 39.4. The number of phenolic OH excluding ortho intramolecular Hbond substituents is 1. The molecule has 1 aliphatic carbocycles. The maximum Gasteiger partial charge on any atom is 0.124 e. The lowest BCUT2D eigenvalue weighted by Crippen LogP contribution is -1.88. The number of aromatic amines is 1. The molecule has 0 amide bonds. The van der Waals surface area contributed by atoms with Crippen molar-refractivity contribution in [3.63, 3.8) is 0 Å². The van der Waals surface area contributed by atoms with Gasteiger partial charge in [-0.2, -0.15) is 0 Å². The summed E-state index contributed by atoms with van der Waals surface area (Å²) < 4.78 is 0. The molecule has 0 spiro atoms. The highest BCUT2D eigenvalue weighted by molar-refractivity contribution is 6.10. The van der Waals surface area contributed by atoms with Gasteiger partial charge in [0, 0.05) is 27.2 Å². The molecule has 0 atom stereocenters. The van der Waals surface area contributed by atoms with Crippen molar-refractivity contribution < 1.29 is 5.11 Å². The lowest BCUT2D eigenvalue weighted by Gasteiger charge is -2.08. The molecule has 2 N–H and O–H groups in total. The third-order valence-electron chi connectivity index (χ3n) is 12.1. The average Bonchev–Trinajstić information content (AvgIpc) is 3.92. The van der Waals surface area contributed by atoms with Crippen LogP contribution in [0.3, 0.4) is 0 Å². The third-order valence-corrected chi connectivity index (χ3v) is 12.1. The minimum atomic E-state index is 0.351. The van der Waals surface area contributed by atoms with Gasteiger partial charge in [0.2, 0.25) is 0 Å². The summed E-state index contributed by atoms with van der Waals surface area (Å²) in [5.74, 6) is 1.56. The zero-order chi connectivity index (χ0) is 45.9. The second kappa shape index (κ2) is 21.5. The summed E-state index contributed by atoms with van der Waals surface area (Å²) in [4.78, 5) is 3.53. The van der Waals surface area contributed by atoms with Gasteiger partial charge >= 0.3 is 0 Å². The molecule has 2 heteroatoms. The van der Waals surface area contributed by atoms with Crippen molar-refractivity contribution in [3.05, 3.63) is 222 Å². The molecule has 1 aliphatic rings. The van der Waals surface area contributed by atoms with E-state index >= 15 is 0 Å². The Balaban J connectivity index is 0.000000128. The van der Waals surface area contributed by atoms with Gasteiger partial charge in [0.15, 0.2) is 0 Å². The molecule has 0 aliphatic heterocycles. The molecule has 1 aromatic heterocycles. The van der Waals surface area contributed by atoms with Crippen molar-refractivity contribution in [2.45, 2.75) is 73.6 Å². The van der Waals surface area contributed by atoms with E-state index in [-0.39, 0.29) is 0 Å². The molecule has 2 nitrogen and oxygen atoms in total. The van der Waals surface area contributed by atoms with E-state index in [9.17, 15) is 5.11 Å². The fraction of sp³-hybridized carbons (Fsp3) is 0.175. The molecule has 0 unspecified atom stereocenters. The van der Waals surface area contributed by atoms with Crippen LogP contribution in [-0.4, -0.2) is 10.1 Å². The highest BCUT2D eigenvalue weighted by Crippen LogP contribution is 2.40. The van der Waals surface area contributed by atoms with Crippen LogP contribution in [0.25, 0.3) is 76.0 Å². The number of benzene rings is 10. The Morgan fingerprint density at radius 1 is 0.354 bits per heavy atom. The van der Waals surface area contributed by atoms with Gasteiger partial charge in [-0.25, -0.2) is 0 Å². The normalized spacial score (nSPS) is 11.0. The van der Waals surface area contributed by atoms with E-state index in [4.69, 9.17) is 0 Å². The van der Waals surface area contributed by atoms with Crippen LogP contribution in [0.2, 0.25) is 0 Å². The van der Waals surface area contributed by atoms with Crippen molar-refractivity contribution in [1.82, 2.24) is 4.98 Å². The minimum Gasteiger partial charge on any atom is -0.507 e. The van der Waals surface area contributed by atoms with Crippen molar-refractivity contribution in [1.29, 1.82) is 0 Å². The largest absolute Gasteiger partial charge is 0.507 e. The second-order valence-electron chi connectivity index (χ2n) is 16.7. The maximum absolute atomic E-state index is 9.87. The number of aromatic nitrogens is 1. The SMILES string of the molecule is CC.CC.CC(C)c1cccc2ccccc12.CC(C)c1cccc2ccccc12.Oc1cc2ccccc2c2ccccc12.c1ccc2c(c1)Cc1cc3[nH]c4ccccc4c3cc1-2. The van der Waals surface area contributed by atoms with Gasteiger partial charge in [-0.3, -0.25) is 0 Å². The van der Waals surface area contributed by atoms with E-state index < -0.39 is 0 Å². The maximum atomic E-state index is 9.87. The molecule has 0 fully saturated rings. The summed E-state index contributed by atoms with van der Waals surface area (Å²) in [6, 6.07) is 69.9. The van der Waals surface area contributed by atoms with E-state index in [0.717, 1.165) is 22.6 Å². The lowest BCUT2D eigenvalue weighted by molar-refractivity contribution is 0.482. The number of fused-ring (bicyclic) bond motifs is 11. The Morgan fingerprint density at radius 2 is 0.815 bits per heavy atom. The van der Waals surface area contributed by atoms with Crippen molar-refractivity contribution in [3.8, 4) is 16.9 Å². The van der Waals surface area contributed by atoms with Crippen LogP contribution in [0, 0.1) is 0 Å². The molecule has 10 aromatic carbocycles. The van der Waals surface area contributed by atoms with E-state index in [0.29, 0.717) is 17.6 Å². The molecule has 0 bridgehead atoms. The van der Waals surface area contributed by atoms with Crippen molar-refractivity contribution >= 4 is 64.9 Å². The lowest BCUT2D eigenvalue weighted by atomic mass is 9.96. The van der Waals surface area contributed by atoms with Crippen molar-refractivity contribution in [2.24, 2.45) is 0 Å². The summed E-state index contributed by atoms with van der Waals surface area (Å²) >= 11 is 0. The van der Waals surface area contributed by atoms with E-state index in [1.54, 1.807) is 0 Å². The molecular weight excluding hydrogens is 787 g/mol. The van der Waals surface area contributed by atoms with Gasteiger partial charge in [0.05, 0.1) is 0 Å². The Bertz CT molecular complexity index is 3220. The average molecular weight is 850 g/mol. The molecule has 12 rings (SSSR count). The smallest absolute Gasteiger partial charge is 0.124 e. The number of hydrogen-bond donors (Lipinski definition) is 2. The summed E-state index contributed by atoms with van der Waals surface area (Å²) in [6.07, 6.45) is 1.05. The van der Waals surface area contributed by atoms with Gasteiger partial charge in [-0.15, -0.1) is 0 Å². The van der Waals surface area contributed by atoms with Gasteiger partial charge in [-0.1, -0.05) is 231 Å². The Kier molecular flexibility index (Phi) is 15.2. The van der Waals surface area contributed by atoms with Gasteiger partial charge in [0.1, 0.15) is 5.75 Å². The first-order chi connectivity index (χ1) is 31.8. The first-order valence-electron chi connectivity index (χ1n) is 23.5. The number of aromatic hydroxyl groups is 1. The Hall–Kier alpha value is -7.16. The number of hydrogen-bond acceptors (Lipinski definition) is 1. The van der Waals surface area contributed by atoms with Crippen LogP contribution < -0.4 is 0 Å². The molecule has 0 saturated heterocycles. The Morgan fingerprint density at radius 3 is 1.42 bits per heavy atom. The second-order valence-corrected chi connectivity index (χ2v) is 16.7. The summed E-state index contributed by atoms with van der Waals surface area (Å²) in [5, 5.41) is 22.3. The quantitative estimate of drug-likeness (QED) is 0.167. The fourth-order valence-corrected chi connectivity index (χ4v) is 9.02. The molecular formula is C63H63NO. The molecule has 0 radical (unpaired) electrons. The zero-order valence-electron chi connectivity index (χ0n) is 39.4. The highest BCUT2D eigenvalue weighted by Gasteiger charge is 2.19. The predicted octanol–water partition coefficient (Wildman–Crippen LogP) is 18.6. The van der Waals surface area contributed by atoms with Crippen molar-refractivity contribution in [2.75, 3.05) is 0 Å². The first-order valence-corrected chi connectivity index (χ1v) is 23.5. The van der Waals surface area contributed by atoms with E-state index in [1.165, 1.54) is 82.1 Å². The molecule has 11 aromatic rings.